The predicted molar refractivity (Wildman–Crippen MR) is 40.1 cm³/mol. The second kappa shape index (κ2) is 2.48. The van der Waals surface area contributed by atoms with E-state index in [1.807, 2.05) is 6.92 Å². The molecule has 1 N–H and O–H groups in total. The minimum absolute atomic E-state index is 0.00116. The Morgan fingerprint density at radius 2 is 2.45 bits per heavy atom. The highest BCUT2D eigenvalue weighted by molar-refractivity contribution is 5.78. The largest absolute Gasteiger partial charge is 0.461 e. The standard InChI is InChI=1S/C8H13NO2/c1-5-6-3-2-4-9-7(6)8(10)11-5/h5-7,9H,2-4H2,1H3/t5-,6+,7-/m1/s1. The lowest BCUT2D eigenvalue weighted by atomic mass is 9.89. The van der Waals surface area contributed by atoms with Crippen molar-refractivity contribution in [2.75, 3.05) is 6.54 Å². The number of nitrogens with one attached hydrogen (secondary N) is 1. The summed E-state index contributed by atoms with van der Waals surface area (Å²) in [6.07, 6.45) is 2.42. The molecule has 0 amide bonds. The van der Waals surface area contributed by atoms with Gasteiger partial charge in [-0.15, -0.1) is 0 Å². The summed E-state index contributed by atoms with van der Waals surface area (Å²) >= 11 is 0. The Morgan fingerprint density at radius 1 is 1.64 bits per heavy atom. The van der Waals surface area contributed by atoms with Crippen molar-refractivity contribution in [3.8, 4) is 0 Å². The van der Waals surface area contributed by atoms with Crippen molar-refractivity contribution in [3.63, 3.8) is 0 Å². The summed E-state index contributed by atoms with van der Waals surface area (Å²) < 4.78 is 5.11. The van der Waals surface area contributed by atoms with Crippen molar-refractivity contribution < 1.29 is 9.53 Å². The molecule has 11 heavy (non-hydrogen) atoms. The topological polar surface area (TPSA) is 38.3 Å². The zero-order valence-electron chi connectivity index (χ0n) is 6.67. The molecule has 0 unspecified atom stereocenters. The fraction of sp³-hybridized carbons (Fsp3) is 0.875. The summed E-state index contributed by atoms with van der Waals surface area (Å²) in [5.41, 5.74) is 0. The van der Waals surface area contributed by atoms with E-state index < -0.39 is 0 Å². The van der Waals surface area contributed by atoms with Crippen LogP contribution in [0.2, 0.25) is 0 Å². The Kier molecular flexibility index (Phi) is 1.60. The first-order chi connectivity index (χ1) is 5.29. The molecule has 2 aliphatic rings. The van der Waals surface area contributed by atoms with Crippen LogP contribution in [0.4, 0.5) is 0 Å². The van der Waals surface area contributed by atoms with Gasteiger partial charge >= 0.3 is 5.97 Å². The van der Waals surface area contributed by atoms with Crippen LogP contribution in [0.1, 0.15) is 19.8 Å². The van der Waals surface area contributed by atoms with Gasteiger partial charge in [0, 0.05) is 5.92 Å². The number of esters is 1. The molecule has 62 valence electrons. The van der Waals surface area contributed by atoms with E-state index in [9.17, 15) is 4.79 Å². The van der Waals surface area contributed by atoms with Gasteiger partial charge in [-0.05, 0) is 26.3 Å². The van der Waals surface area contributed by atoms with Gasteiger partial charge in [0.1, 0.15) is 12.1 Å². The van der Waals surface area contributed by atoms with E-state index in [0.29, 0.717) is 5.92 Å². The lowest BCUT2D eigenvalue weighted by molar-refractivity contribution is -0.142. The number of hydrogen-bond acceptors (Lipinski definition) is 3. The molecule has 0 saturated carbocycles. The van der Waals surface area contributed by atoms with Crippen LogP contribution in [0.15, 0.2) is 0 Å². The quantitative estimate of drug-likeness (QED) is 0.511. The molecular formula is C8H13NO2. The van der Waals surface area contributed by atoms with Crippen LogP contribution in [0.3, 0.4) is 0 Å². The third kappa shape index (κ3) is 1.03. The molecule has 2 rings (SSSR count). The maximum atomic E-state index is 11.1. The van der Waals surface area contributed by atoms with Crippen LogP contribution < -0.4 is 5.32 Å². The van der Waals surface area contributed by atoms with E-state index in [-0.39, 0.29) is 18.1 Å². The molecule has 2 fully saturated rings. The molecular weight excluding hydrogens is 142 g/mol. The summed E-state index contributed by atoms with van der Waals surface area (Å²) in [4.78, 5) is 11.1. The molecule has 0 aromatic heterocycles. The minimum atomic E-state index is -0.0535. The fourth-order valence-electron chi connectivity index (χ4n) is 2.02. The van der Waals surface area contributed by atoms with E-state index in [1.54, 1.807) is 0 Å². The van der Waals surface area contributed by atoms with E-state index >= 15 is 0 Å². The number of carbonyl (C=O) groups excluding carboxylic acids is 1. The molecule has 2 saturated heterocycles. The highest BCUT2D eigenvalue weighted by Crippen LogP contribution is 2.28. The summed E-state index contributed by atoms with van der Waals surface area (Å²) in [6.45, 7) is 2.94. The van der Waals surface area contributed by atoms with Crippen LogP contribution in [-0.2, 0) is 9.53 Å². The monoisotopic (exact) mass is 155 g/mol. The highest BCUT2D eigenvalue weighted by atomic mass is 16.6. The maximum Gasteiger partial charge on any atom is 0.323 e. The molecule has 3 atom stereocenters. The maximum absolute atomic E-state index is 11.1. The molecule has 3 nitrogen and oxygen atoms in total. The van der Waals surface area contributed by atoms with E-state index in [0.717, 1.165) is 13.0 Å². The van der Waals surface area contributed by atoms with Gasteiger partial charge in [0.25, 0.3) is 0 Å². The van der Waals surface area contributed by atoms with Crippen LogP contribution in [0.5, 0.6) is 0 Å². The molecule has 2 aliphatic heterocycles. The smallest absolute Gasteiger partial charge is 0.323 e. The van der Waals surface area contributed by atoms with Gasteiger partial charge < -0.3 is 10.1 Å². The van der Waals surface area contributed by atoms with Gasteiger partial charge in [-0.2, -0.15) is 0 Å². The van der Waals surface area contributed by atoms with Crippen molar-refractivity contribution in [2.24, 2.45) is 5.92 Å². The number of hydrogen-bond donors (Lipinski definition) is 1. The first-order valence-corrected chi connectivity index (χ1v) is 4.23. The SMILES string of the molecule is C[C@H]1OC(=O)[C@@H]2NCCC[C@@H]12. The third-order valence-corrected chi connectivity index (χ3v) is 2.67. The van der Waals surface area contributed by atoms with Crippen molar-refractivity contribution in [2.45, 2.75) is 31.9 Å². The summed E-state index contributed by atoms with van der Waals surface area (Å²) in [6, 6.07) is -0.00116. The Hall–Kier alpha value is -0.570. The van der Waals surface area contributed by atoms with Gasteiger partial charge in [0.2, 0.25) is 0 Å². The van der Waals surface area contributed by atoms with Gasteiger partial charge in [0.05, 0.1) is 0 Å². The number of fused-ring (bicyclic) bond motifs is 1. The van der Waals surface area contributed by atoms with Gasteiger partial charge in [-0.25, -0.2) is 0 Å². The Labute approximate surface area is 66.1 Å². The van der Waals surface area contributed by atoms with Crippen LogP contribution in [0, 0.1) is 5.92 Å². The number of carbonyl (C=O) groups is 1. The van der Waals surface area contributed by atoms with Crippen molar-refractivity contribution >= 4 is 5.97 Å². The number of ether oxygens (including phenoxy) is 1. The summed E-state index contributed by atoms with van der Waals surface area (Å²) in [7, 11) is 0. The molecule has 0 spiro atoms. The molecule has 0 aliphatic carbocycles. The lowest BCUT2D eigenvalue weighted by Gasteiger charge is -2.24. The van der Waals surface area contributed by atoms with E-state index in [4.69, 9.17) is 4.74 Å². The Balaban J connectivity index is 2.13. The first-order valence-electron chi connectivity index (χ1n) is 4.23. The minimum Gasteiger partial charge on any atom is -0.461 e. The fourth-order valence-corrected chi connectivity index (χ4v) is 2.02. The molecule has 0 aromatic carbocycles. The zero-order valence-corrected chi connectivity index (χ0v) is 6.67. The van der Waals surface area contributed by atoms with Gasteiger partial charge in [-0.3, -0.25) is 4.79 Å². The van der Waals surface area contributed by atoms with Gasteiger partial charge in [0.15, 0.2) is 0 Å². The molecule has 0 bridgehead atoms. The van der Waals surface area contributed by atoms with Crippen molar-refractivity contribution in [3.05, 3.63) is 0 Å². The first kappa shape index (κ1) is 7.10. The predicted octanol–water partition coefficient (Wildman–Crippen LogP) is 0.300. The van der Waals surface area contributed by atoms with E-state index in [1.165, 1.54) is 6.42 Å². The van der Waals surface area contributed by atoms with Crippen molar-refractivity contribution in [1.29, 1.82) is 0 Å². The number of piperidine rings is 1. The van der Waals surface area contributed by atoms with E-state index in [2.05, 4.69) is 5.32 Å². The van der Waals surface area contributed by atoms with Crippen LogP contribution in [0.25, 0.3) is 0 Å². The summed E-state index contributed by atoms with van der Waals surface area (Å²) in [5, 5.41) is 3.19. The normalized spacial score (nSPS) is 43.4. The molecule has 0 radical (unpaired) electrons. The van der Waals surface area contributed by atoms with Gasteiger partial charge in [-0.1, -0.05) is 0 Å². The second-order valence-corrected chi connectivity index (χ2v) is 3.38. The van der Waals surface area contributed by atoms with Crippen LogP contribution in [-0.4, -0.2) is 24.7 Å². The Bertz CT molecular complexity index is 181. The average molecular weight is 155 g/mol. The highest BCUT2D eigenvalue weighted by Gasteiger charge is 2.43. The Morgan fingerprint density at radius 3 is 3.18 bits per heavy atom. The third-order valence-electron chi connectivity index (χ3n) is 2.67. The summed E-state index contributed by atoms with van der Waals surface area (Å²) in [5.74, 6) is 0.374. The van der Waals surface area contributed by atoms with Crippen LogP contribution >= 0.6 is 0 Å². The zero-order chi connectivity index (χ0) is 7.84. The molecule has 2 heterocycles. The second-order valence-electron chi connectivity index (χ2n) is 3.38. The average Bonchev–Trinajstić information content (AvgIpc) is 2.30. The molecule has 3 heteroatoms. The molecule has 0 aromatic rings. The van der Waals surface area contributed by atoms with Crippen molar-refractivity contribution in [1.82, 2.24) is 5.32 Å². The number of rotatable bonds is 0. The number of cyclic esters (lactones) is 1. The lowest BCUT2D eigenvalue weighted by Crippen LogP contribution is -2.43.